The summed E-state index contributed by atoms with van der Waals surface area (Å²) in [7, 11) is 0. The van der Waals surface area contributed by atoms with Crippen LogP contribution in [0.4, 0.5) is 0 Å². The number of nitrogens with zero attached hydrogens (tertiary/aromatic N) is 1. The van der Waals surface area contributed by atoms with Gasteiger partial charge >= 0.3 is 0 Å². The summed E-state index contributed by atoms with van der Waals surface area (Å²) in [5.74, 6) is -3.01. The SMILES string of the molecule is CC(=O)N[C@@H]1[C@@H](OCCOCCOCCNC(=O)CN(CC(=O)NCCOCCOCCO[C@H]2O[C@@H](CO)[C@@H](O)[C@@H](O)[C@@H]2NC(C)=O)C(CCCCN)C(=O)NCCOCCOCCO[C@H]2O[C@@H](CO)[C@@H](O)[C@@H](O)[C@@H]2NC(C)=O)O[C@@H](CO)[C@@H](O)[C@H]1O. The molecule has 0 aromatic heterocycles. The number of unbranched alkanes of at least 4 members (excludes halogenated alkanes) is 1. The van der Waals surface area contributed by atoms with Crippen molar-refractivity contribution in [2.45, 2.75) is 138 Å². The molecule has 17 N–H and O–H groups in total. The molecule has 3 rings (SSSR count). The first-order valence-electron chi connectivity index (χ1n) is 29.0. The summed E-state index contributed by atoms with van der Waals surface area (Å²) in [5, 5.41) is 106. The van der Waals surface area contributed by atoms with E-state index in [1.54, 1.807) is 0 Å². The van der Waals surface area contributed by atoms with Gasteiger partial charge in [0.25, 0.3) is 0 Å². The maximum absolute atomic E-state index is 13.9. The largest absolute Gasteiger partial charge is 0.394 e. The van der Waals surface area contributed by atoms with E-state index in [1.807, 2.05) is 0 Å². The molecule has 0 spiro atoms. The Bertz CT molecular complexity index is 1860. The van der Waals surface area contributed by atoms with E-state index in [0.29, 0.717) is 19.4 Å². The van der Waals surface area contributed by atoms with Crippen molar-refractivity contribution < 1.29 is 132 Å². The zero-order valence-corrected chi connectivity index (χ0v) is 49.7. The van der Waals surface area contributed by atoms with Crippen LogP contribution in [0.15, 0.2) is 0 Å². The van der Waals surface area contributed by atoms with E-state index >= 15 is 0 Å². The van der Waals surface area contributed by atoms with Crippen LogP contribution < -0.4 is 37.6 Å². The minimum atomic E-state index is -1.47. The highest BCUT2D eigenvalue weighted by molar-refractivity contribution is 5.86. The fourth-order valence-corrected chi connectivity index (χ4v) is 9.08. The molecule has 506 valence electrons. The van der Waals surface area contributed by atoms with Gasteiger partial charge in [0.15, 0.2) is 18.9 Å². The van der Waals surface area contributed by atoms with Crippen molar-refractivity contribution in [2.24, 2.45) is 5.73 Å². The van der Waals surface area contributed by atoms with E-state index < -0.39 is 153 Å². The van der Waals surface area contributed by atoms with Crippen molar-refractivity contribution in [1.82, 2.24) is 36.8 Å². The number of hydrogen-bond acceptors (Lipinski definition) is 29. The molecule has 87 heavy (non-hydrogen) atoms. The molecule has 3 saturated heterocycles. The van der Waals surface area contributed by atoms with E-state index in [0.717, 1.165) is 0 Å². The Morgan fingerprint density at radius 2 is 0.736 bits per heavy atom. The predicted molar refractivity (Wildman–Crippen MR) is 296 cm³/mol. The van der Waals surface area contributed by atoms with Crippen molar-refractivity contribution in [3.8, 4) is 0 Å². The molecule has 16 atom stereocenters. The van der Waals surface area contributed by atoms with Gasteiger partial charge in [-0.3, -0.25) is 33.7 Å². The maximum Gasteiger partial charge on any atom is 0.237 e. The van der Waals surface area contributed by atoms with Crippen LogP contribution in [0.3, 0.4) is 0 Å². The number of aliphatic hydroxyl groups is 9. The third kappa shape index (κ3) is 29.2. The fraction of sp³-hybridized carbons (Fsp3) is 0.885. The molecule has 3 fully saturated rings. The smallest absolute Gasteiger partial charge is 0.237 e. The van der Waals surface area contributed by atoms with Crippen molar-refractivity contribution in [3.05, 3.63) is 0 Å². The lowest BCUT2D eigenvalue weighted by atomic mass is 9.97. The Morgan fingerprint density at radius 1 is 0.437 bits per heavy atom. The van der Waals surface area contributed by atoms with Gasteiger partial charge in [-0.05, 0) is 19.4 Å². The second kappa shape index (κ2) is 44.4. The van der Waals surface area contributed by atoms with Gasteiger partial charge in [0.1, 0.15) is 73.1 Å². The van der Waals surface area contributed by atoms with E-state index in [2.05, 4.69) is 31.9 Å². The summed E-state index contributed by atoms with van der Waals surface area (Å²) in [6.45, 7) is 2.53. The topological polar surface area (TPSA) is 497 Å². The molecule has 0 saturated carbocycles. The molecule has 6 amide bonds. The second-order valence-corrected chi connectivity index (χ2v) is 20.3. The van der Waals surface area contributed by atoms with Crippen LogP contribution in [0.1, 0.15) is 40.0 Å². The van der Waals surface area contributed by atoms with Crippen LogP contribution in [-0.2, 0) is 85.6 Å². The summed E-state index contributed by atoms with van der Waals surface area (Å²) in [6, 6.07) is -4.28. The first-order valence-corrected chi connectivity index (χ1v) is 29.0. The van der Waals surface area contributed by atoms with Crippen molar-refractivity contribution in [3.63, 3.8) is 0 Å². The van der Waals surface area contributed by atoms with Crippen LogP contribution >= 0.6 is 0 Å². The third-order valence-corrected chi connectivity index (χ3v) is 13.4. The van der Waals surface area contributed by atoms with Gasteiger partial charge in [-0.1, -0.05) is 6.42 Å². The number of nitrogens with two attached hydrogens (primary N) is 1. The molecule has 3 aliphatic heterocycles. The Balaban J connectivity index is 1.47. The first-order chi connectivity index (χ1) is 41.8. The number of rotatable bonds is 46. The van der Waals surface area contributed by atoms with Gasteiger partial charge in [0.2, 0.25) is 35.4 Å². The Labute approximate surface area is 504 Å². The van der Waals surface area contributed by atoms with Crippen LogP contribution in [0.2, 0.25) is 0 Å². The average Bonchev–Trinajstić information content (AvgIpc) is 2.49. The standard InChI is InChI=1S/C52H96N8O27/c1-31(64)57-40-46(72)43(69)35(28-61)85-50(40)82-23-20-79-17-14-76-11-8-54-38(67)26-60(27-39(68)55-9-12-77-15-18-80-21-24-83-51-41(58-32(2)65)47(73)44(70)36(29-62)86-51)34(6-4-5-7-53)49(75)56-10-13-78-16-19-81-22-25-84-52-42(59-33(3)66)48(74)45(71)37(30-63)87-52/h34-37,40-48,50-52,61-63,69-74H,4-30,53H2,1-3H3,(H,54,67)(H,55,68)(H,56,75)(H,57,64)(H,58,65)(H,59,66)/t34?,35-,36-,37-,40-,41-,42-,43+,44+,45+,46-,47-,48-,50-,51-,52-/m0/s1. The molecule has 0 radical (unpaired) electrons. The van der Waals surface area contributed by atoms with Gasteiger partial charge in [0, 0.05) is 40.4 Å². The number of aliphatic hydroxyl groups excluding tert-OH is 9. The highest BCUT2D eigenvalue weighted by atomic mass is 16.7. The predicted octanol–water partition coefficient (Wildman–Crippen LogP) is -9.88. The Kier molecular flexibility index (Phi) is 39.4. The maximum atomic E-state index is 13.9. The highest BCUT2D eigenvalue weighted by Gasteiger charge is 2.48. The quantitative estimate of drug-likeness (QED) is 0.0252. The van der Waals surface area contributed by atoms with Gasteiger partial charge in [-0.15, -0.1) is 0 Å². The summed E-state index contributed by atoms with van der Waals surface area (Å²) in [5.41, 5.74) is 5.79. The van der Waals surface area contributed by atoms with Gasteiger partial charge in [0.05, 0.1) is 138 Å². The summed E-state index contributed by atoms with van der Waals surface area (Å²) in [6.07, 6.45) is -14.5. The fourth-order valence-electron chi connectivity index (χ4n) is 9.08. The number of nitrogens with one attached hydrogen (secondary N) is 6. The second-order valence-electron chi connectivity index (χ2n) is 20.3. The van der Waals surface area contributed by atoms with Crippen molar-refractivity contribution >= 4 is 35.4 Å². The molecule has 0 aromatic carbocycles. The van der Waals surface area contributed by atoms with Gasteiger partial charge in [-0.25, -0.2) is 0 Å². The monoisotopic (exact) mass is 1260 g/mol. The van der Waals surface area contributed by atoms with Crippen LogP contribution in [0, 0.1) is 0 Å². The lowest BCUT2D eigenvalue weighted by Crippen LogP contribution is -2.64. The van der Waals surface area contributed by atoms with Crippen LogP contribution in [-0.4, -0.2) is 342 Å². The number of amides is 6. The van der Waals surface area contributed by atoms with E-state index in [1.165, 1.54) is 25.7 Å². The molecule has 3 heterocycles. The first kappa shape index (κ1) is 77.1. The normalized spacial score (nSPS) is 27.7. The van der Waals surface area contributed by atoms with E-state index in [-0.39, 0.29) is 138 Å². The molecule has 1 unspecified atom stereocenters. The molecule has 0 aromatic rings. The van der Waals surface area contributed by atoms with Crippen LogP contribution in [0.25, 0.3) is 0 Å². The van der Waals surface area contributed by atoms with Gasteiger partial charge in [-0.2, -0.15) is 0 Å². The lowest BCUT2D eigenvalue weighted by molar-refractivity contribution is -0.272. The highest BCUT2D eigenvalue weighted by Crippen LogP contribution is 2.25. The number of ether oxygens (including phenoxy) is 12. The van der Waals surface area contributed by atoms with Crippen LogP contribution in [0.5, 0.6) is 0 Å². The molecule has 0 aliphatic carbocycles. The minimum absolute atomic E-state index is 0.0430. The molecular formula is C52H96N8O27. The summed E-state index contributed by atoms with van der Waals surface area (Å²) in [4.78, 5) is 77.2. The van der Waals surface area contributed by atoms with E-state index in [4.69, 9.17) is 62.6 Å². The zero-order chi connectivity index (χ0) is 64.1. The molecule has 0 bridgehead atoms. The Morgan fingerprint density at radius 3 is 1.03 bits per heavy atom. The molecular weight excluding hydrogens is 1170 g/mol. The number of carbonyl (C=O) groups is 6. The third-order valence-electron chi connectivity index (χ3n) is 13.4. The summed E-state index contributed by atoms with van der Waals surface area (Å²) < 4.78 is 66.9. The number of hydrogen-bond donors (Lipinski definition) is 16. The lowest BCUT2D eigenvalue weighted by Gasteiger charge is -2.42. The average molecular weight is 1270 g/mol. The van der Waals surface area contributed by atoms with Gasteiger partial charge < -0.3 is 140 Å². The Hall–Kier alpha value is -4.10. The molecule has 35 nitrogen and oxygen atoms in total. The molecule has 3 aliphatic rings. The van der Waals surface area contributed by atoms with Crippen molar-refractivity contribution in [2.75, 3.05) is 158 Å². The number of carbonyl (C=O) groups excluding carboxylic acids is 6. The summed E-state index contributed by atoms with van der Waals surface area (Å²) >= 11 is 0. The van der Waals surface area contributed by atoms with E-state index in [9.17, 15) is 74.7 Å². The molecule has 35 heteroatoms. The van der Waals surface area contributed by atoms with Crippen molar-refractivity contribution in [1.29, 1.82) is 0 Å². The zero-order valence-electron chi connectivity index (χ0n) is 49.7. The minimum Gasteiger partial charge on any atom is -0.394 e.